The normalized spacial score (nSPS) is 19.2. The quantitative estimate of drug-likeness (QED) is 0.843. The van der Waals surface area contributed by atoms with Gasteiger partial charge in [-0.3, -0.25) is 0 Å². The van der Waals surface area contributed by atoms with E-state index in [9.17, 15) is 5.11 Å². The van der Waals surface area contributed by atoms with Gasteiger partial charge in [-0.25, -0.2) is 0 Å². The van der Waals surface area contributed by atoms with Crippen LogP contribution >= 0.6 is 15.9 Å². The number of nitrogens with two attached hydrogens (primary N) is 1. The molecule has 1 fully saturated rings. The van der Waals surface area contributed by atoms with E-state index in [1.165, 1.54) is 19.3 Å². The number of hydrogen-bond acceptors (Lipinski definition) is 3. The van der Waals surface area contributed by atoms with E-state index in [-0.39, 0.29) is 0 Å². The number of benzene rings is 1. The van der Waals surface area contributed by atoms with Crippen LogP contribution in [-0.2, 0) is 0 Å². The summed E-state index contributed by atoms with van der Waals surface area (Å²) >= 11 is 3.36. The van der Waals surface area contributed by atoms with E-state index in [1.807, 2.05) is 18.2 Å². The summed E-state index contributed by atoms with van der Waals surface area (Å²) < 4.78 is 0.881. The van der Waals surface area contributed by atoms with Crippen molar-refractivity contribution < 1.29 is 5.11 Å². The fourth-order valence-corrected chi connectivity index (χ4v) is 2.51. The first-order valence-corrected chi connectivity index (χ1v) is 6.91. The Hall–Kier alpha value is -0.580. The topological polar surface area (TPSA) is 49.5 Å². The van der Waals surface area contributed by atoms with Gasteiger partial charge in [-0.1, -0.05) is 12.5 Å². The van der Waals surface area contributed by atoms with Crippen molar-refractivity contribution >= 4 is 21.6 Å². The predicted octanol–water partition coefficient (Wildman–Crippen LogP) is 2.55. The maximum absolute atomic E-state index is 10.2. The van der Waals surface area contributed by atoms with Crippen LogP contribution in [0, 0.1) is 0 Å². The van der Waals surface area contributed by atoms with Gasteiger partial charge in [0.15, 0.2) is 0 Å². The third kappa shape index (κ3) is 3.44. The number of aliphatic hydroxyl groups excluding tert-OH is 1. The lowest BCUT2D eigenvalue weighted by Gasteiger charge is -2.28. The van der Waals surface area contributed by atoms with Gasteiger partial charge in [0.1, 0.15) is 0 Å². The third-order valence-electron chi connectivity index (χ3n) is 3.28. The molecule has 1 atom stereocenters. The zero-order valence-corrected chi connectivity index (χ0v) is 11.5. The lowest BCUT2D eigenvalue weighted by atomic mass is 10.1. The minimum atomic E-state index is -0.441. The molecule has 1 aliphatic heterocycles. The highest BCUT2D eigenvalue weighted by Crippen LogP contribution is 2.24. The van der Waals surface area contributed by atoms with Gasteiger partial charge in [0.25, 0.3) is 0 Å². The predicted molar refractivity (Wildman–Crippen MR) is 73.8 cm³/mol. The summed E-state index contributed by atoms with van der Waals surface area (Å²) in [5.41, 5.74) is 7.40. The number of nitrogens with zero attached hydrogens (tertiary/aromatic N) is 1. The van der Waals surface area contributed by atoms with Crippen LogP contribution in [0.1, 0.15) is 30.9 Å². The molecule has 1 unspecified atom stereocenters. The van der Waals surface area contributed by atoms with Crippen molar-refractivity contribution in [1.82, 2.24) is 4.90 Å². The molecule has 3 nitrogen and oxygen atoms in total. The number of likely N-dealkylation sites (tertiary alicyclic amines) is 1. The Balaban J connectivity index is 1.98. The van der Waals surface area contributed by atoms with Crippen LogP contribution in [0.15, 0.2) is 22.7 Å². The van der Waals surface area contributed by atoms with Crippen molar-refractivity contribution in [1.29, 1.82) is 0 Å². The first-order chi connectivity index (χ1) is 8.16. The fourth-order valence-electron chi connectivity index (χ4n) is 2.26. The number of aliphatic hydroxyl groups is 1. The molecule has 0 amide bonds. The second-order valence-electron chi connectivity index (χ2n) is 4.66. The average molecular weight is 299 g/mol. The van der Waals surface area contributed by atoms with Crippen LogP contribution in [0.2, 0.25) is 0 Å². The molecule has 0 bridgehead atoms. The van der Waals surface area contributed by atoms with Crippen molar-refractivity contribution in [3.8, 4) is 0 Å². The summed E-state index contributed by atoms with van der Waals surface area (Å²) in [6.45, 7) is 2.91. The van der Waals surface area contributed by atoms with Gasteiger partial charge >= 0.3 is 0 Å². The Labute approximate surface area is 111 Å². The molecule has 2 rings (SSSR count). The summed E-state index contributed by atoms with van der Waals surface area (Å²) in [5.74, 6) is 0. The Morgan fingerprint density at radius 2 is 2.00 bits per heavy atom. The molecule has 94 valence electrons. The zero-order valence-electron chi connectivity index (χ0n) is 9.90. The number of hydrogen-bond donors (Lipinski definition) is 2. The number of halogens is 1. The number of anilines is 1. The third-order valence-corrected chi connectivity index (χ3v) is 4.01. The van der Waals surface area contributed by atoms with Gasteiger partial charge in [-0.05, 0) is 59.6 Å². The highest BCUT2D eigenvalue weighted by atomic mass is 79.9. The first kappa shape index (κ1) is 12.9. The molecule has 17 heavy (non-hydrogen) atoms. The SMILES string of the molecule is Nc1cc(C(O)CN2CCCCC2)ccc1Br. The largest absolute Gasteiger partial charge is 0.398 e. The molecule has 3 N–H and O–H groups in total. The lowest BCUT2D eigenvalue weighted by molar-refractivity contribution is 0.101. The summed E-state index contributed by atoms with van der Waals surface area (Å²) in [5, 5.41) is 10.2. The molecule has 0 aromatic heterocycles. The number of nitrogen functional groups attached to an aromatic ring is 1. The van der Waals surface area contributed by atoms with Gasteiger partial charge in [0.05, 0.1) is 6.10 Å². The minimum absolute atomic E-state index is 0.441. The highest BCUT2D eigenvalue weighted by molar-refractivity contribution is 9.10. The summed E-state index contributed by atoms with van der Waals surface area (Å²) in [4.78, 5) is 2.33. The Kier molecular flexibility index (Phi) is 4.42. The Morgan fingerprint density at radius 1 is 1.29 bits per heavy atom. The molecule has 1 aromatic carbocycles. The van der Waals surface area contributed by atoms with E-state index in [1.54, 1.807) is 0 Å². The average Bonchev–Trinajstić information content (AvgIpc) is 2.34. The summed E-state index contributed by atoms with van der Waals surface area (Å²) in [6, 6.07) is 5.66. The van der Waals surface area contributed by atoms with E-state index in [4.69, 9.17) is 5.73 Å². The second-order valence-corrected chi connectivity index (χ2v) is 5.51. The number of piperidine rings is 1. The van der Waals surface area contributed by atoms with E-state index in [2.05, 4.69) is 20.8 Å². The molecule has 1 aliphatic rings. The van der Waals surface area contributed by atoms with Crippen molar-refractivity contribution in [2.75, 3.05) is 25.4 Å². The Bertz CT molecular complexity index is 378. The molecular weight excluding hydrogens is 280 g/mol. The van der Waals surface area contributed by atoms with Crippen molar-refractivity contribution in [2.24, 2.45) is 0 Å². The summed E-state index contributed by atoms with van der Waals surface area (Å²) in [7, 11) is 0. The molecule has 0 radical (unpaired) electrons. The molecule has 1 aromatic rings. The van der Waals surface area contributed by atoms with Crippen LogP contribution in [0.25, 0.3) is 0 Å². The maximum atomic E-state index is 10.2. The minimum Gasteiger partial charge on any atom is -0.398 e. The van der Waals surface area contributed by atoms with Crippen molar-refractivity contribution in [3.63, 3.8) is 0 Å². The molecule has 0 aliphatic carbocycles. The molecule has 1 heterocycles. The van der Waals surface area contributed by atoms with Crippen LogP contribution in [0.3, 0.4) is 0 Å². The first-order valence-electron chi connectivity index (χ1n) is 6.12. The lowest BCUT2D eigenvalue weighted by Crippen LogP contribution is -2.33. The van der Waals surface area contributed by atoms with Crippen LogP contribution in [0.5, 0.6) is 0 Å². The van der Waals surface area contributed by atoms with Gasteiger partial charge in [0, 0.05) is 16.7 Å². The van der Waals surface area contributed by atoms with Crippen LogP contribution < -0.4 is 5.73 Å². The highest BCUT2D eigenvalue weighted by Gasteiger charge is 2.16. The molecule has 4 heteroatoms. The number of β-amino-alcohol motifs (C(OH)–C–C–N with tert-alkyl or cyclic N) is 1. The fraction of sp³-hybridized carbons (Fsp3) is 0.538. The molecule has 0 spiro atoms. The van der Waals surface area contributed by atoms with Crippen LogP contribution in [0.4, 0.5) is 5.69 Å². The van der Waals surface area contributed by atoms with Gasteiger partial charge in [0.2, 0.25) is 0 Å². The Morgan fingerprint density at radius 3 is 2.65 bits per heavy atom. The smallest absolute Gasteiger partial charge is 0.0917 e. The number of rotatable bonds is 3. The molecule has 0 saturated carbocycles. The van der Waals surface area contributed by atoms with Crippen molar-refractivity contribution in [3.05, 3.63) is 28.2 Å². The monoisotopic (exact) mass is 298 g/mol. The van der Waals surface area contributed by atoms with E-state index in [0.29, 0.717) is 12.2 Å². The standard InChI is InChI=1S/C13H19BrN2O/c14-11-5-4-10(8-12(11)15)13(17)9-16-6-2-1-3-7-16/h4-5,8,13,17H,1-3,6-7,9,15H2. The van der Waals surface area contributed by atoms with E-state index >= 15 is 0 Å². The van der Waals surface area contributed by atoms with Crippen LogP contribution in [-0.4, -0.2) is 29.6 Å². The van der Waals surface area contributed by atoms with Crippen molar-refractivity contribution in [2.45, 2.75) is 25.4 Å². The van der Waals surface area contributed by atoms with Gasteiger partial charge in [-0.2, -0.15) is 0 Å². The second kappa shape index (κ2) is 5.85. The van der Waals surface area contributed by atoms with E-state index in [0.717, 1.165) is 23.1 Å². The maximum Gasteiger partial charge on any atom is 0.0917 e. The summed E-state index contributed by atoms with van der Waals surface area (Å²) in [6.07, 6.45) is 3.37. The van der Waals surface area contributed by atoms with Gasteiger partial charge < -0.3 is 15.7 Å². The van der Waals surface area contributed by atoms with Gasteiger partial charge in [-0.15, -0.1) is 0 Å². The molecular formula is C13H19BrN2O. The molecule has 1 saturated heterocycles. The zero-order chi connectivity index (χ0) is 12.3. The van der Waals surface area contributed by atoms with E-state index < -0.39 is 6.10 Å².